The number of nitrogens with one attached hydrogen (secondary N) is 1. The summed E-state index contributed by atoms with van der Waals surface area (Å²) in [6.07, 6.45) is 6.26. The highest BCUT2D eigenvalue weighted by molar-refractivity contribution is 9.10. The monoisotopic (exact) mass is 437 g/mol. The van der Waals surface area contributed by atoms with Gasteiger partial charge in [-0.15, -0.1) is 0 Å². The lowest BCUT2D eigenvalue weighted by molar-refractivity contribution is -0.113. The Bertz CT molecular complexity index is 912. The molecule has 0 aliphatic heterocycles. The molecular weight excluding hydrogens is 418 g/mol. The number of carbonyl (C=O) groups excluding carboxylic acids is 2. The van der Waals surface area contributed by atoms with Crippen LogP contribution < -0.4 is 11.1 Å². The number of halogens is 1. The summed E-state index contributed by atoms with van der Waals surface area (Å²) in [5, 5.41) is 2.88. The zero-order chi connectivity index (χ0) is 20.2. The Morgan fingerprint density at radius 1 is 0.964 bits per heavy atom. The van der Waals surface area contributed by atoms with E-state index in [2.05, 4.69) is 26.2 Å². The van der Waals surface area contributed by atoms with E-state index in [4.69, 9.17) is 5.73 Å². The molecule has 5 nitrogen and oxygen atoms in total. The molecule has 2 aromatic carbocycles. The second kappa shape index (κ2) is 11.5. The Labute approximate surface area is 172 Å². The number of primary amides is 1. The molecule has 3 rings (SSSR count). The van der Waals surface area contributed by atoms with Crippen LogP contribution in [0.3, 0.4) is 0 Å². The lowest BCUT2D eigenvalue weighted by atomic mass is 10.2. The van der Waals surface area contributed by atoms with Gasteiger partial charge in [0.1, 0.15) is 0 Å². The molecular formula is C22H20BrN3O2. The first-order valence-corrected chi connectivity index (χ1v) is 9.29. The van der Waals surface area contributed by atoms with Crippen LogP contribution in [0.1, 0.15) is 21.5 Å². The van der Waals surface area contributed by atoms with Crippen LogP contribution in [-0.4, -0.2) is 16.8 Å². The predicted molar refractivity (Wildman–Crippen MR) is 114 cm³/mol. The molecule has 1 aromatic heterocycles. The first-order chi connectivity index (χ1) is 13.5. The van der Waals surface area contributed by atoms with Crippen molar-refractivity contribution in [3.05, 3.63) is 106 Å². The van der Waals surface area contributed by atoms with Gasteiger partial charge in [-0.1, -0.05) is 46.3 Å². The molecule has 0 fully saturated rings. The molecule has 3 aromatic rings. The number of rotatable bonds is 5. The Hall–Kier alpha value is -3.25. The zero-order valence-corrected chi connectivity index (χ0v) is 16.7. The van der Waals surface area contributed by atoms with Gasteiger partial charge in [-0.2, -0.15) is 0 Å². The fourth-order valence-electron chi connectivity index (χ4n) is 2.13. The van der Waals surface area contributed by atoms with E-state index in [1.807, 2.05) is 42.5 Å². The summed E-state index contributed by atoms with van der Waals surface area (Å²) < 4.78 is 1.04. The number of carbonyl (C=O) groups is 2. The molecule has 0 radical (unpaired) electrons. The molecule has 6 heteroatoms. The van der Waals surface area contributed by atoms with E-state index in [0.717, 1.165) is 15.6 Å². The highest BCUT2D eigenvalue weighted by atomic mass is 79.9. The normalized spacial score (nSPS) is 10.0. The second-order valence-corrected chi connectivity index (χ2v) is 6.61. The molecule has 0 saturated carbocycles. The van der Waals surface area contributed by atoms with E-state index < -0.39 is 5.91 Å². The lowest BCUT2D eigenvalue weighted by Crippen LogP contribution is -2.22. The first-order valence-electron chi connectivity index (χ1n) is 8.50. The number of amides is 2. The van der Waals surface area contributed by atoms with Crippen molar-refractivity contribution >= 4 is 33.8 Å². The van der Waals surface area contributed by atoms with Crippen LogP contribution in [0, 0.1) is 0 Å². The van der Waals surface area contributed by atoms with Crippen LogP contribution in [0.4, 0.5) is 0 Å². The molecule has 142 valence electrons. The Balaban J connectivity index is 0.000000221. The maximum atomic E-state index is 11.8. The van der Waals surface area contributed by atoms with E-state index in [0.29, 0.717) is 12.1 Å². The minimum absolute atomic E-state index is 0.0477. The number of aromatic nitrogens is 1. The molecule has 0 saturated heterocycles. The predicted octanol–water partition coefficient (Wildman–Crippen LogP) is 3.96. The number of nitrogens with two attached hydrogens (primary N) is 1. The number of pyridine rings is 1. The third-order valence-electron chi connectivity index (χ3n) is 3.55. The summed E-state index contributed by atoms with van der Waals surface area (Å²) in [5.74, 6) is -0.490. The molecule has 0 aliphatic carbocycles. The van der Waals surface area contributed by atoms with E-state index in [1.165, 1.54) is 6.08 Å². The van der Waals surface area contributed by atoms with Crippen LogP contribution in [0.15, 0.2) is 89.7 Å². The van der Waals surface area contributed by atoms with Crippen LogP contribution in [0.2, 0.25) is 0 Å². The van der Waals surface area contributed by atoms with Crippen molar-refractivity contribution in [2.75, 3.05) is 0 Å². The summed E-state index contributed by atoms with van der Waals surface area (Å²) in [4.78, 5) is 25.9. The lowest BCUT2D eigenvalue weighted by Gasteiger charge is -2.05. The quantitative estimate of drug-likeness (QED) is 0.592. The maximum absolute atomic E-state index is 11.8. The summed E-state index contributed by atoms with van der Waals surface area (Å²) in [6.45, 7) is 0.543. The van der Waals surface area contributed by atoms with Crippen molar-refractivity contribution in [1.82, 2.24) is 10.3 Å². The van der Waals surface area contributed by atoms with Gasteiger partial charge in [-0.3, -0.25) is 14.6 Å². The number of hydrogen-bond donors (Lipinski definition) is 2. The molecule has 0 atom stereocenters. The van der Waals surface area contributed by atoms with Crippen LogP contribution in [-0.2, 0) is 11.3 Å². The topological polar surface area (TPSA) is 85.1 Å². The molecule has 0 unspecified atom stereocenters. The van der Waals surface area contributed by atoms with Crippen molar-refractivity contribution in [2.45, 2.75) is 6.54 Å². The molecule has 2 amide bonds. The molecule has 1 heterocycles. The standard InChI is InChI=1S/C14H12BrNO.C8H8N2O/c15-13-8-6-11(7-9-13)10-16-14(17)12-4-2-1-3-5-12;9-8(11)2-1-7-3-5-10-6-4-7/h1-9H,10H2,(H,16,17);1-6H,(H2,9,11)/b;2-1+. The van der Waals surface area contributed by atoms with Crippen molar-refractivity contribution in [1.29, 1.82) is 0 Å². The van der Waals surface area contributed by atoms with Crippen LogP contribution in [0.5, 0.6) is 0 Å². The summed E-state index contributed by atoms with van der Waals surface area (Å²) in [5.41, 5.74) is 7.58. The van der Waals surface area contributed by atoms with Gasteiger partial charge < -0.3 is 11.1 Å². The zero-order valence-electron chi connectivity index (χ0n) is 15.1. The first kappa shape index (κ1) is 21.1. The van der Waals surface area contributed by atoms with E-state index in [9.17, 15) is 9.59 Å². The highest BCUT2D eigenvalue weighted by Crippen LogP contribution is 2.10. The average Bonchev–Trinajstić information content (AvgIpc) is 2.73. The summed E-state index contributed by atoms with van der Waals surface area (Å²) in [7, 11) is 0. The Morgan fingerprint density at radius 3 is 2.21 bits per heavy atom. The Kier molecular flexibility index (Phi) is 8.62. The fraction of sp³-hybridized carbons (Fsp3) is 0.0455. The summed E-state index contributed by atoms with van der Waals surface area (Å²) in [6, 6.07) is 20.7. The average molecular weight is 438 g/mol. The van der Waals surface area contributed by atoms with Crippen molar-refractivity contribution in [2.24, 2.45) is 5.73 Å². The van der Waals surface area contributed by atoms with Gasteiger partial charge in [-0.25, -0.2) is 0 Å². The minimum atomic E-state index is -0.443. The molecule has 0 aliphatic rings. The maximum Gasteiger partial charge on any atom is 0.251 e. The van der Waals surface area contributed by atoms with E-state index in [1.54, 1.807) is 42.7 Å². The number of nitrogens with zero attached hydrogens (tertiary/aromatic N) is 1. The smallest absolute Gasteiger partial charge is 0.251 e. The van der Waals surface area contributed by atoms with Gasteiger partial charge in [0, 0.05) is 35.1 Å². The van der Waals surface area contributed by atoms with Gasteiger partial charge in [0.2, 0.25) is 5.91 Å². The highest BCUT2D eigenvalue weighted by Gasteiger charge is 2.03. The van der Waals surface area contributed by atoms with Gasteiger partial charge >= 0.3 is 0 Å². The molecule has 0 spiro atoms. The molecule has 3 N–H and O–H groups in total. The number of hydrogen-bond acceptors (Lipinski definition) is 3. The van der Waals surface area contributed by atoms with Crippen molar-refractivity contribution < 1.29 is 9.59 Å². The van der Waals surface area contributed by atoms with Gasteiger partial charge in [0.05, 0.1) is 0 Å². The van der Waals surface area contributed by atoms with Gasteiger partial charge in [-0.05, 0) is 53.6 Å². The number of benzene rings is 2. The van der Waals surface area contributed by atoms with Crippen molar-refractivity contribution in [3.8, 4) is 0 Å². The third kappa shape index (κ3) is 7.97. The van der Waals surface area contributed by atoms with Crippen LogP contribution >= 0.6 is 15.9 Å². The minimum Gasteiger partial charge on any atom is -0.366 e. The van der Waals surface area contributed by atoms with E-state index in [-0.39, 0.29) is 5.91 Å². The second-order valence-electron chi connectivity index (χ2n) is 5.69. The van der Waals surface area contributed by atoms with Gasteiger partial charge in [0.15, 0.2) is 0 Å². The molecule has 0 bridgehead atoms. The van der Waals surface area contributed by atoms with Gasteiger partial charge in [0.25, 0.3) is 5.91 Å². The largest absolute Gasteiger partial charge is 0.366 e. The fourth-order valence-corrected chi connectivity index (χ4v) is 2.39. The Morgan fingerprint density at radius 2 is 1.61 bits per heavy atom. The van der Waals surface area contributed by atoms with Crippen LogP contribution in [0.25, 0.3) is 6.08 Å². The SMILES string of the molecule is NC(=O)/C=C/c1ccncc1.O=C(NCc1ccc(Br)cc1)c1ccccc1. The summed E-state index contributed by atoms with van der Waals surface area (Å²) >= 11 is 3.37. The third-order valence-corrected chi connectivity index (χ3v) is 4.08. The molecule has 28 heavy (non-hydrogen) atoms. The van der Waals surface area contributed by atoms with Crippen molar-refractivity contribution in [3.63, 3.8) is 0 Å². The van der Waals surface area contributed by atoms with E-state index >= 15 is 0 Å².